The van der Waals surface area contributed by atoms with Gasteiger partial charge in [0.2, 0.25) is 11.8 Å². The molecule has 2 aliphatic rings. The first-order valence-corrected chi connectivity index (χ1v) is 6.54. The lowest BCUT2D eigenvalue weighted by molar-refractivity contribution is -0.137. The summed E-state index contributed by atoms with van der Waals surface area (Å²) >= 11 is 4.07. The molecular formula is C11H18N2O3S. The van der Waals surface area contributed by atoms with E-state index >= 15 is 0 Å². The fraction of sp³-hybridized carbons (Fsp3) is 0.818. The van der Waals surface area contributed by atoms with Crippen LogP contribution in [0.25, 0.3) is 0 Å². The molecular weight excluding hydrogens is 240 g/mol. The fourth-order valence-corrected chi connectivity index (χ4v) is 2.76. The average Bonchev–Trinajstić information content (AvgIpc) is 2.74. The Morgan fingerprint density at radius 2 is 2.47 bits per heavy atom. The van der Waals surface area contributed by atoms with Crippen LogP contribution >= 0.6 is 12.6 Å². The highest BCUT2D eigenvalue weighted by Crippen LogP contribution is 2.41. The van der Waals surface area contributed by atoms with Gasteiger partial charge < -0.3 is 15.4 Å². The summed E-state index contributed by atoms with van der Waals surface area (Å²) in [6.07, 6.45) is 1.19. The van der Waals surface area contributed by atoms with Gasteiger partial charge in [0.15, 0.2) is 0 Å². The standard InChI is InChI=1S/C11H18N2O3S/c14-9-5-11(1-3-16-7-11)8(6-13-9)10(15)12-2-4-17/h8,17H,1-7H2,(H,12,15)(H,13,14). The number of carbonyl (C=O) groups is 2. The van der Waals surface area contributed by atoms with Gasteiger partial charge in [0, 0.05) is 37.3 Å². The van der Waals surface area contributed by atoms with E-state index in [1.165, 1.54) is 0 Å². The lowest BCUT2D eigenvalue weighted by atomic mass is 9.69. The van der Waals surface area contributed by atoms with Crippen LogP contribution in [0, 0.1) is 11.3 Å². The molecule has 2 rings (SSSR count). The van der Waals surface area contributed by atoms with E-state index < -0.39 is 0 Å². The minimum absolute atomic E-state index is 0.00421. The van der Waals surface area contributed by atoms with Gasteiger partial charge in [-0.15, -0.1) is 0 Å². The summed E-state index contributed by atoms with van der Waals surface area (Å²) in [7, 11) is 0. The molecule has 96 valence electrons. The minimum atomic E-state index is -0.289. The third-order valence-corrected chi connectivity index (χ3v) is 3.84. The van der Waals surface area contributed by atoms with Gasteiger partial charge in [-0.3, -0.25) is 9.59 Å². The predicted octanol–water partition coefficient (Wildman–Crippen LogP) is -0.425. The first kappa shape index (κ1) is 12.7. The van der Waals surface area contributed by atoms with Crippen molar-refractivity contribution in [3.63, 3.8) is 0 Å². The molecule has 2 amide bonds. The van der Waals surface area contributed by atoms with Crippen molar-refractivity contribution in [2.45, 2.75) is 12.8 Å². The zero-order chi connectivity index (χ0) is 12.3. The molecule has 0 saturated carbocycles. The van der Waals surface area contributed by atoms with Gasteiger partial charge in [-0.05, 0) is 6.42 Å². The first-order valence-electron chi connectivity index (χ1n) is 5.91. The number of ether oxygens (including phenoxy) is 1. The zero-order valence-corrected chi connectivity index (χ0v) is 10.6. The molecule has 2 saturated heterocycles. The number of carbonyl (C=O) groups excluding carboxylic acids is 2. The van der Waals surface area contributed by atoms with E-state index in [0.29, 0.717) is 38.5 Å². The molecule has 17 heavy (non-hydrogen) atoms. The maximum absolute atomic E-state index is 12.1. The maximum atomic E-state index is 12.1. The molecule has 2 aliphatic heterocycles. The van der Waals surface area contributed by atoms with Crippen LogP contribution in [0.3, 0.4) is 0 Å². The molecule has 0 bridgehead atoms. The molecule has 0 aromatic heterocycles. The van der Waals surface area contributed by atoms with E-state index in [1.54, 1.807) is 0 Å². The Morgan fingerprint density at radius 3 is 3.12 bits per heavy atom. The van der Waals surface area contributed by atoms with Crippen LogP contribution < -0.4 is 10.6 Å². The Labute approximate surface area is 106 Å². The van der Waals surface area contributed by atoms with Crippen molar-refractivity contribution in [1.82, 2.24) is 10.6 Å². The van der Waals surface area contributed by atoms with Gasteiger partial charge in [0.05, 0.1) is 12.5 Å². The van der Waals surface area contributed by atoms with Gasteiger partial charge in [-0.25, -0.2) is 0 Å². The van der Waals surface area contributed by atoms with Crippen molar-refractivity contribution in [2.75, 3.05) is 32.1 Å². The summed E-state index contributed by atoms with van der Waals surface area (Å²) in [6, 6.07) is 0. The largest absolute Gasteiger partial charge is 0.381 e. The second-order valence-electron chi connectivity index (χ2n) is 4.71. The van der Waals surface area contributed by atoms with E-state index in [-0.39, 0.29) is 23.1 Å². The second-order valence-corrected chi connectivity index (χ2v) is 5.16. The molecule has 5 nitrogen and oxygen atoms in total. The van der Waals surface area contributed by atoms with Crippen LogP contribution in [0.2, 0.25) is 0 Å². The monoisotopic (exact) mass is 258 g/mol. The number of rotatable bonds is 3. The Balaban J connectivity index is 2.07. The van der Waals surface area contributed by atoms with Crippen molar-refractivity contribution in [3.8, 4) is 0 Å². The second kappa shape index (κ2) is 5.27. The Hall–Kier alpha value is -0.750. The van der Waals surface area contributed by atoms with Crippen molar-refractivity contribution >= 4 is 24.4 Å². The maximum Gasteiger partial charge on any atom is 0.225 e. The smallest absolute Gasteiger partial charge is 0.225 e. The minimum Gasteiger partial charge on any atom is -0.381 e. The number of piperidine rings is 1. The van der Waals surface area contributed by atoms with Gasteiger partial charge in [-0.2, -0.15) is 12.6 Å². The topological polar surface area (TPSA) is 67.4 Å². The summed E-state index contributed by atoms with van der Waals surface area (Å²) in [5.41, 5.74) is -0.289. The highest BCUT2D eigenvalue weighted by atomic mass is 32.1. The molecule has 0 radical (unpaired) electrons. The van der Waals surface area contributed by atoms with Crippen LogP contribution in [0.4, 0.5) is 0 Å². The number of nitrogens with one attached hydrogen (secondary N) is 2. The molecule has 1 spiro atoms. The summed E-state index contributed by atoms with van der Waals surface area (Å²) in [5, 5.41) is 5.61. The lowest BCUT2D eigenvalue weighted by Gasteiger charge is -2.38. The number of hydrogen-bond donors (Lipinski definition) is 3. The lowest BCUT2D eigenvalue weighted by Crippen LogP contribution is -2.54. The van der Waals surface area contributed by atoms with Crippen LogP contribution in [-0.4, -0.2) is 43.9 Å². The van der Waals surface area contributed by atoms with Gasteiger partial charge in [0.25, 0.3) is 0 Å². The fourth-order valence-electron chi connectivity index (χ4n) is 2.65. The molecule has 2 atom stereocenters. The highest BCUT2D eigenvalue weighted by molar-refractivity contribution is 7.80. The summed E-state index contributed by atoms with van der Waals surface area (Å²) in [4.78, 5) is 23.6. The molecule has 0 aromatic rings. The van der Waals surface area contributed by atoms with Crippen LogP contribution in [0.1, 0.15) is 12.8 Å². The Morgan fingerprint density at radius 1 is 1.65 bits per heavy atom. The zero-order valence-electron chi connectivity index (χ0n) is 9.70. The molecule has 0 aliphatic carbocycles. The molecule has 2 N–H and O–H groups in total. The van der Waals surface area contributed by atoms with Crippen molar-refractivity contribution in [2.24, 2.45) is 11.3 Å². The van der Waals surface area contributed by atoms with Crippen LogP contribution in [-0.2, 0) is 14.3 Å². The van der Waals surface area contributed by atoms with E-state index in [9.17, 15) is 9.59 Å². The van der Waals surface area contributed by atoms with Crippen LogP contribution in [0.5, 0.6) is 0 Å². The first-order chi connectivity index (χ1) is 8.18. The molecule has 2 fully saturated rings. The molecule has 0 aromatic carbocycles. The quantitative estimate of drug-likeness (QED) is 0.602. The Kier molecular flexibility index (Phi) is 3.93. The molecule has 2 unspecified atom stereocenters. The van der Waals surface area contributed by atoms with Crippen LogP contribution in [0.15, 0.2) is 0 Å². The Bertz CT molecular complexity index is 316. The number of thiol groups is 1. The number of amides is 2. The number of hydrogen-bond acceptors (Lipinski definition) is 4. The van der Waals surface area contributed by atoms with Crippen molar-refractivity contribution < 1.29 is 14.3 Å². The third-order valence-electron chi connectivity index (χ3n) is 3.62. The average molecular weight is 258 g/mol. The van der Waals surface area contributed by atoms with Crippen molar-refractivity contribution in [3.05, 3.63) is 0 Å². The normalized spacial score (nSPS) is 32.5. The SMILES string of the molecule is O=C1CC2(CCOC2)C(C(=O)NCCS)CN1. The van der Waals surface area contributed by atoms with Gasteiger partial charge in [-0.1, -0.05) is 0 Å². The highest BCUT2D eigenvalue weighted by Gasteiger charge is 2.49. The summed E-state index contributed by atoms with van der Waals surface area (Å²) < 4.78 is 5.40. The van der Waals surface area contributed by atoms with E-state index in [1.807, 2.05) is 0 Å². The summed E-state index contributed by atoms with van der Waals surface area (Å²) in [6.45, 7) is 2.13. The third kappa shape index (κ3) is 2.57. The van der Waals surface area contributed by atoms with E-state index in [2.05, 4.69) is 23.3 Å². The molecule has 2 heterocycles. The van der Waals surface area contributed by atoms with Gasteiger partial charge in [0.1, 0.15) is 0 Å². The van der Waals surface area contributed by atoms with Crippen molar-refractivity contribution in [1.29, 1.82) is 0 Å². The van der Waals surface area contributed by atoms with Gasteiger partial charge >= 0.3 is 0 Å². The van der Waals surface area contributed by atoms with E-state index in [0.717, 1.165) is 6.42 Å². The molecule has 6 heteroatoms. The predicted molar refractivity (Wildman–Crippen MR) is 65.8 cm³/mol. The van der Waals surface area contributed by atoms with E-state index in [4.69, 9.17) is 4.74 Å². The summed E-state index contributed by atoms with van der Waals surface area (Å²) in [5.74, 6) is 0.467.